The number of benzene rings is 1. The first-order valence-corrected chi connectivity index (χ1v) is 6.81. The Labute approximate surface area is 132 Å². The first-order valence-electron chi connectivity index (χ1n) is 6.81. The SMILES string of the molecule is Cc1cccc(C(O)CNc2ncc([N+](=O)[O-])cc2C(N)=O)c1. The molecule has 0 aliphatic carbocycles. The lowest BCUT2D eigenvalue weighted by Crippen LogP contribution is -2.19. The van der Waals surface area contributed by atoms with Crippen LogP contribution in [-0.2, 0) is 0 Å². The zero-order chi connectivity index (χ0) is 17.0. The van der Waals surface area contributed by atoms with Crippen molar-refractivity contribution in [3.05, 3.63) is 63.3 Å². The molecule has 1 amide bonds. The second kappa shape index (κ2) is 6.84. The Bertz CT molecular complexity index is 748. The van der Waals surface area contributed by atoms with Gasteiger partial charge in [0.05, 0.1) is 16.6 Å². The van der Waals surface area contributed by atoms with Gasteiger partial charge >= 0.3 is 0 Å². The van der Waals surface area contributed by atoms with Gasteiger partial charge in [0.1, 0.15) is 12.0 Å². The number of rotatable bonds is 6. The number of hydrogen-bond acceptors (Lipinski definition) is 6. The summed E-state index contributed by atoms with van der Waals surface area (Å²) in [5.74, 6) is -0.747. The molecular formula is C15H16N4O4. The number of nitro groups is 1. The van der Waals surface area contributed by atoms with Crippen LogP contribution in [0.5, 0.6) is 0 Å². The van der Waals surface area contributed by atoms with Crippen LogP contribution in [0.1, 0.15) is 27.6 Å². The summed E-state index contributed by atoms with van der Waals surface area (Å²) in [5.41, 5.74) is 6.50. The number of primary amides is 1. The molecule has 2 rings (SSSR count). The van der Waals surface area contributed by atoms with Gasteiger partial charge in [-0.2, -0.15) is 0 Å². The fourth-order valence-electron chi connectivity index (χ4n) is 2.07. The van der Waals surface area contributed by atoms with Gasteiger partial charge in [-0.25, -0.2) is 4.98 Å². The Kier molecular flexibility index (Phi) is 4.87. The number of aliphatic hydroxyl groups excluding tert-OH is 1. The molecule has 0 radical (unpaired) electrons. The van der Waals surface area contributed by atoms with E-state index in [9.17, 15) is 20.0 Å². The third kappa shape index (κ3) is 4.01. The van der Waals surface area contributed by atoms with Gasteiger partial charge in [0.15, 0.2) is 0 Å². The van der Waals surface area contributed by atoms with Crippen LogP contribution in [0.25, 0.3) is 0 Å². The number of aliphatic hydroxyl groups is 1. The smallest absolute Gasteiger partial charge is 0.288 e. The van der Waals surface area contributed by atoms with Crippen molar-refractivity contribution in [2.24, 2.45) is 5.73 Å². The minimum Gasteiger partial charge on any atom is -0.387 e. The van der Waals surface area contributed by atoms with Crippen LogP contribution >= 0.6 is 0 Å². The molecule has 0 spiro atoms. The number of pyridine rings is 1. The molecule has 2 aromatic rings. The van der Waals surface area contributed by atoms with Crippen LogP contribution in [0.3, 0.4) is 0 Å². The standard InChI is InChI=1S/C15H16N4O4/c1-9-3-2-4-10(5-9)13(20)8-18-15-12(14(16)21)6-11(7-17-15)19(22)23/h2-7,13,20H,8H2,1H3,(H2,16,21)(H,17,18). The summed E-state index contributed by atoms with van der Waals surface area (Å²) in [4.78, 5) is 25.3. The predicted molar refractivity (Wildman–Crippen MR) is 84.0 cm³/mol. The van der Waals surface area contributed by atoms with Gasteiger partial charge in [-0.15, -0.1) is 0 Å². The van der Waals surface area contributed by atoms with Crippen molar-refractivity contribution >= 4 is 17.4 Å². The van der Waals surface area contributed by atoms with Gasteiger partial charge in [-0.3, -0.25) is 14.9 Å². The minimum atomic E-state index is -0.839. The van der Waals surface area contributed by atoms with Crippen molar-refractivity contribution in [3.8, 4) is 0 Å². The van der Waals surface area contributed by atoms with Gasteiger partial charge in [-0.1, -0.05) is 29.8 Å². The maximum atomic E-state index is 11.4. The van der Waals surface area contributed by atoms with Gasteiger partial charge in [0, 0.05) is 12.6 Å². The van der Waals surface area contributed by atoms with Gasteiger partial charge in [0.2, 0.25) is 0 Å². The zero-order valence-electron chi connectivity index (χ0n) is 12.4. The van der Waals surface area contributed by atoms with Crippen molar-refractivity contribution in [2.75, 3.05) is 11.9 Å². The van der Waals surface area contributed by atoms with Crippen LogP contribution in [0, 0.1) is 17.0 Å². The molecule has 120 valence electrons. The Morgan fingerprint density at radius 1 is 1.48 bits per heavy atom. The number of hydrogen-bond donors (Lipinski definition) is 3. The van der Waals surface area contributed by atoms with Crippen LogP contribution in [0.2, 0.25) is 0 Å². The van der Waals surface area contributed by atoms with Crippen LogP contribution in [0.4, 0.5) is 11.5 Å². The summed E-state index contributed by atoms with van der Waals surface area (Å²) in [6.45, 7) is 1.99. The molecule has 1 heterocycles. The van der Waals surface area contributed by atoms with Gasteiger partial charge in [-0.05, 0) is 12.5 Å². The molecule has 0 saturated carbocycles. The van der Waals surface area contributed by atoms with E-state index in [0.717, 1.165) is 17.8 Å². The average molecular weight is 316 g/mol. The van der Waals surface area contributed by atoms with E-state index in [0.29, 0.717) is 5.56 Å². The molecule has 0 saturated heterocycles. The van der Waals surface area contributed by atoms with Crippen molar-refractivity contribution in [1.82, 2.24) is 4.98 Å². The summed E-state index contributed by atoms with van der Waals surface area (Å²) in [7, 11) is 0. The third-order valence-electron chi connectivity index (χ3n) is 3.24. The molecule has 1 unspecified atom stereocenters. The average Bonchev–Trinajstić information content (AvgIpc) is 2.52. The number of nitrogens with one attached hydrogen (secondary N) is 1. The number of nitrogens with zero attached hydrogens (tertiary/aromatic N) is 2. The molecule has 1 aromatic carbocycles. The molecule has 1 atom stereocenters. The second-order valence-electron chi connectivity index (χ2n) is 5.02. The first-order chi connectivity index (χ1) is 10.9. The highest BCUT2D eigenvalue weighted by Gasteiger charge is 2.17. The van der Waals surface area contributed by atoms with E-state index in [2.05, 4.69) is 10.3 Å². The van der Waals surface area contributed by atoms with Crippen molar-refractivity contribution in [1.29, 1.82) is 0 Å². The van der Waals surface area contributed by atoms with Crippen LogP contribution < -0.4 is 11.1 Å². The largest absolute Gasteiger partial charge is 0.387 e. The lowest BCUT2D eigenvalue weighted by atomic mass is 10.1. The summed E-state index contributed by atoms with van der Waals surface area (Å²) in [6.07, 6.45) is 0.195. The van der Waals surface area contributed by atoms with E-state index < -0.39 is 16.9 Å². The molecule has 0 aliphatic heterocycles. The summed E-state index contributed by atoms with van der Waals surface area (Å²) >= 11 is 0. The third-order valence-corrected chi connectivity index (χ3v) is 3.24. The highest BCUT2D eigenvalue weighted by Crippen LogP contribution is 2.20. The molecule has 0 aliphatic rings. The van der Waals surface area contributed by atoms with E-state index in [1.807, 2.05) is 25.1 Å². The Morgan fingerprint density at radius 3 is 2.83 bits per heavy atom. The Hall–Kier alpha value is -3.00. The molecule has 1 aromatic heterocycles. The number of carbonyl (C=O) groups is 1. The fraction of sp³-hybridized carbons (Fsp3) is 0.200. The Balaban J connectivity index is 2.16. The second-order valence-corrected chi connectivity index (χ2v) is 5.02. The Morgan fingerprint density at radius 2 is 2.22 bits per heavy atom. The highest BCUT2D eigenvalue weighted by molar-refractivity contribution is 5.98. The molecule has 0 bridgehead atoms. The minimum absolute atomic E-state index is 0.0779. The molecule has 4 N–H and O–H groups in total. The molecular weight excluding hydrogens is 300 g/mol. The van der Waals surface area contributed by atoms with Gasteiger partial charge in [0.25, 0.3) is 11.6 Å². The predicted octanol–water partition coefficient (Wildman–Crippen LogP) is 1.54. The van der Waals surface area contributed by atoms with E-state index in [1.54, 1.807) is 6.07 Å². The highest BCUT2D eigenvalue weighted by atomic mass is 16.6. The summed E-state index contributed by atoms with van der Waals surface area (Å²) in [6, 6.07) is 8.40. The van der Waals surface area contributed by atoms with E-state index in [-0.39, 0.29) is 23.6 Å². The van der Waals surface area contributed by atoms with Crippen LogP contribution in [0.15, 0.2) is 36.5 Å². The normalized spacial score (nSPS) is 11.7. The zero-order valence-corrected chi connectivity index (χ0v) is 12.4. The lowest BCUT2D eigenvalue weighted by Gasteiger charge is -2.14. The molecule has 8 nitrogen and oxygen atoms in total. The van der Waals surface area contributed by atoms with Gasteiger partial charge < -0.3 is 16.2 Å². The fourth-order valence-corrected chi connectivity index (χ4v) is 2.07. The number of carbonyl (C=O) groups excluding carboxylic acids is 1. The number of aromatic nitrogens is 1. The van der Waals surface area contributed by atoms with Crippen molar-refractivity contribution in [2.45, 2.75) is 13.0 Å². The first kappa shape index (κ1) is 16.4. The number of amides is 1. The summed E-state index contributed by atoms with van der Waals surface area (Å²) in [5, 5.41) is 23.7. The monoisotopic (exact) mass is 316 g/mol. The van der Waals surface area contributed by atoms with E-state index in [4.69, 9.17) is 5.73 Å². The van der Waals surface area contributed by atoms with E-state index >= 15 is 0 Å². The molecule has 8 heteroatoms. The number of anilines is 1. The molecule has 23 heavy (non-hydrogen) atoms. The topological polar surface area (TPSA) is 131 Å². The number of aryl methyl sites for hydroxylation is 1. The quantitative estimate of drug-likeness (QED) is 0.547. The lowest BCUT2D eigenvalue weighted by molar-refractivity contribution is -0.385. The molecule has 0 fully saturated rings. The number of nitrogens with two attached hydrogens (primary N) is 1. The summed E-state index contributed by atoms with van der Waals surface area (Å²) < 4.78 is 0. The maximum Gasteiger partial charge on any atom is 0.288 e. The van der Waals surface area contributed by atoms with Crippen molar-refractivity contribution < 1.29 is 14.8 Å². The van der Waals surface area contributed by atoms with E-state index in [1.165, 1.54) is 0 Å². The van der Waals surface area contributed by atoms with Crippen LogP contribution in [-0.4, -0.2) is 27.5 Å². The van der Waals surface area contributed by atoms with Crippen molar-refractivity contribution in [3.63, 3.8) is 0 Å². The maximum absolute atomic E-state index is 11.4.